The number of benzene rings is 1. The second-order valence-electron chi connectivity index (χ2n) is 8.02. The minimum absolute atomic E-state index is 0. The molecule has 1 aromatic carbocycles. The number of nitrogens with one attached hydrogen (secondary N) is 3. The predicted molar refractivity (Wildman–Crippen MR) is 131 cm³/mol. The van der Waals surface area contributed by atoms with Gasteiger partial charge in [0.15, 0.2) is 5.96 Å². The number of carbonyl (C=O) groups is 1. The highest BCUT2D eigenvalue weighted by Gasteiger charge is 2.23. The molecule has 3 N–H and O–H groups in total. The van der Waals surface area contributed by atoms with Crippen molar-refractivity contribution in [2.45, 2.75) is 32.4 Å². The molecule has 10 heteroatoms. The van der Waals surface area contributed by atoms with Crippen molar-refractivity contribution >= 4 is 36.0 Å². The van der Waals surface area contributed by atoms with Gasteiger partial charge >= 0.3 is 6.09 Å². The minimum Gasteiger partial charge on any atom is -0.444 e. The first kappa shape index (κ1) is 27.4. The third kappa shape index (κ3) is 10.5. The number of nitrogens with zero attached hydrogens (tertiary/aromatic N) is 2. The number of morpholine rings is 1. The number of aliphatic imine (C=N–C) groups is 1. The number of guanidine groups is 1. The zero-order valence-electron chi connectivity index (χ0n) is 18.7. The Morgan fingerprint density at radius 2 is 1.77 bits per heavy atom. The van der Waals surface area contributed by atoms with Crippen LogP contribution in [0, 0.1) is 5.82 Å². The fourth-order valence-electron chi connectivity index (χ4n) is 3.11. The average molecular weight is 551 g/mol. The van der Waals surface area contributed by atoms with Crippen LogP contribution in [0.4, 0.5) is 9.18 Å². The highest BCUT2D eigenvalue weighted by Crippen LogP contribution is 2.21. The van der Waals surface area contributed by atoms with Gasteiger partial charge in [-0.1, -0.05) is 12.1 Å². The smallest absolute Gasteiger partial charge is 0.407 e. The number of hydrogen-bond donors (Lipinski definition) is 3. The molecule has 1 heterocycles. The molecule has 1 saturated heterocycles. The lowest BCUT2D eigenvalue weighted by molar-refractivity contribution is 0.0170. The average Bonchev–Trinajstić information content (AvgIpc) is 2.70. The molecule has 0 aromatic heterocycles. The van der Waals surface area contributed by atoms with E-state index in [0.29, 0.717) is 38.8 Å². The summed E-state index contributed by atoms with van der Waals surface area (Å²) in [7, 11) is 1.69. The maximum atomic E-state index is 13.4. The Balaban J connectivity index is 0.00000480. The van der Waals surface area contributed by atoms with E-state index in [-0.39, 0.29) is 35.8 Å². The fraction of sp³-hybridized carbons (Fsp3) is 0.619. The third-order valence-corrected chi connectivity index (χ3v) is 4.51. The number of ether oxygens (including phenoxy) is 2. The Kier molecular flexibility index (Phi) is 12.1. The summed E-state index contributed by atoms with van der Waals surface area (Å²) < 4.78 is 24.0. The first-order valence-corrected chi connectivity index (χ1v) is 10.3. The van der Waals surface area contributed by atoms with Gasteiger partial charge in [-0.2, -0.15) is 0 Å². The molecule has 1 aliphatic heterocycles. The normalized spacial score (nSPS) is 16.1. The van der Waals surface area contributed by atoms with Crippen molar-refractivity contribution in [2.24, 2.45) is 4.99 Å². The molecule has 1 amide bonds. The van der Waals surface area contributed by atoms with E-state index in [1.54, 1.807) is 7.05 Å². The topological polar surface area (TPSA) is 87.2 Å². The molecule has 1 unspecified atom stereocenters. The summed E-state index contributed by atoms with van der Waals surface area (Å²) in [6, 6.07) is 6.67. The first-order valence-electron chi connectivity index (χ1n) is 10.3. The van der Waals surface area contributed by atoms with Crippen LogP contribution in [0.3, 0.4) is 0 Å². The quantitative estimate of drug-likeness (QED) is 0.209. The van der Waals surface area contributed by atoms with E-state index < -0.39 is 11.7 Å². The van der Waals surface area contributed by atoms with Gasteiger partial charge in [0.1, 0.15) is 11.4 Å². The van der Waals surface area contributed by atoms with Crippen LogP contribution in [-0.4, -0.2) is 75.5 Å². The molecule has 0 aliphatic carbocycles. The van der Waals surface area contributed by atoms with E-state index >= 15 is 0 Å². The SMILES string of the molecule is CN=C(NCCNC(=O)OC(C)(C)C)NCC(c1ccc(F)cc1)N1CCOCC1.I. The Morgan fingerprint density at radius 3 is 2.35 bits per heavy atom. The lowest BCUT2D eigenvalue weighted by Crippen LogP contribution is -2.47. The van der Waals surface area contributed by atoms with Gasteiger partial charge in [-0.05, 0) is 38.5 Å². The van der Waals surface area contributed by atoms with Crippen LogP contribution < -0.4 is 16.0 Å². The van der Waals surface area contributed by atoms with Gasteiger partial charge in [0.05, 0.1) is 19.3 Å². The molecular formula is C21H35FIN5O3. The van der Waals surface area contributed by atoms with Crippen molar-refractivity contribution < 1.29 is 18.7 Å². The Bertz CT molecular complexity index is 691. The Labute approximate surface area is 201 Å². The molecule has 0 spiro atoms. The summed E-state index contributed by atoms with van der Waals surface area (Å²) in [6.07, 6.45) is -0.448. The van der Waals surface area contributed by atoms with Crippen molar-refractivity contribution in [3.05, 3.63) is 35.6 Å². The molecule has 1 atom stereocenters. The van der Waals surface area contributed by atoms with Crippen molar-refractivity contribution in [1.82, 2.24) is 20.9 Å². The van der Waals surface area contributed by atoms with Gasteiger partial charge in [0, 0.05) is 39.8 Å². The van der Waals surface area contributed by atoms with Gasteiger partial charge in [-0.15, -0.1) is 24.0 Å². The molecule has 1 fully saturated rings. The van der Waals surface area contributed by atoms with E-state index in [4.69, 9.17) is 9.47 Å². The lowest BCUT2D eigenvalue weighted by Gasteiger charge is -2.35. The van der Waals surface area contributed by atoms with Gasteiger partial charge < -0.3 is 25.4 Å². The van der Waals surface area contributed by atoms with E-state index in [1.807, 2.05) is 32.9 Å². The summed E-state index contributed by atoms with van der Waals surface area (Å²) in [5.41, 5.74) is 0.511. The summed E-state index contributed by atoms with van der Waals surface area (Å²) in [6.45, 7) is 9.96. The van der Waals surface area contributed by atoms with E-state index in [2.05, 4.69) is 25.8 Å². The maximum Gasteiger partial charge on any atom is 0.407 e. The van der Waals surface area contributed by atoms with Crippen molar-refractivity contribution in [2.75, 3.05) is 53.0 Å². The van der Waals surface area contributed by atoms with Crippen LogP contribution in [0.25, 0.3) is 0 Å². The van der Waals surface area contributed by atoms with E-state index in [1.165, 1.54) is 12.1 Å². The van der Waals surface area contributed by atoms with Crippen molar-refractivity contribution in [3.8, 4) is 0 Å². The molecule has 0 radical (unpaired) electrons. The fourth-order valence-corrected chi connectivity index (χ4v) is 3.11. The predicted octanol–water partition coefficient (Wildman–Crippen LogP) is 2.51. The van der Waals surface area contributed by atoms with Crippen molar-refractivity contribution in [3.63, 3.8) is 0 Å². The zero-order chi connectivity index (χ0) is 22.0. The third-order valence-electron chi connectivity index (χ3n) is 4.51. The number of hydrogen-bond acceptors (Lipinski definition) is 5. The highest BCUT2D eigenvalue weighted by atomic mass is 127. The van der Waals surface area contributed by atoms with E-state index in [0.717, 1.165) is 18.7 Å². The molecule has 2 rings (SSSR count). The van der Waals surface area contributed by atoms with Gasteiger partial charge in [0.2, 0.25) is 0 Å². The summed E-state index contributed by atoms with van der Waals surface area (Å²) in [4.78, 5) is 18.3. The Morgan fingerprint density at radius 1 is 1.16 bits per heavy atom. The number of amides is 1. The zero-order valence-corrected chi connectivity index (χ0v) is 21.1. The first-order chi connectivity index (χ1) is 14.3. The molecule has 1 aromatic rings. The minimum atomic E-state index is -0.524. The standard InChI is InChI=1S/C21H34FN5O3.HI/c1-21(2,3)30-20(28)25-10-9-24-19(23-4)26-15-18(27-11-13-29-14-12-27)16-5-7-17(22)8-6-16;/h5-8,18H,9-15H2,1-4H3,(H,25,28)(H2,23,24,26);1H. The summed E-state index contributed by atoms with van der Waals surface area (Å²) >= 11 is 0. The molecule has 176 valence electrons. The van der Waals surface area contributed by atoms with E-state index in [9.17, 15) is 9.18 Å². The number of halogens is 2. The summed E-state index contributed by atoms with van der Waals surface area (Å²) in [5, 5.41) is 9.20. The summed E-state index contributed by atoms with van der Waals surface area (Å²) in [5.74, 6) is 0.378. The molecule has 8 nitrogen and oxygen atoms in total. The van der Waals surface area contributed by atoms with Gasteiger partial charge in [-0.25, -0.2) is 9.18 Å². The number of alkyl carbamates (subject to hydrolysis) is 1. The number of carbonyl (C=O) groups excluding carboxylic acids is 1. The molecule has 0 bridgehead atoms. The van der Waals surface area contributed by atoms with Crippen LogP contribution >= 0.6 is 24.0 Å². The van der Waals surface area contributed by atoms with Crippen LogP contribution in [-0.2, 0) is 9.47 Å². The van der Waals surface area contributed by atoms with Crippen LogP contribution in [0.1, 0.15) is 32.4 Å². The lowest BCUT2D eigenvalue weighted by atomic mass is 10.0. The molecule has 1 aliphatic rings. The van der Waals surface area contributed by atoms with Gasteiger partial charge in [-0.3, -0.25) is 9.89 Å². The highest BCUT2D eigenvalue weighted by molar-refractivity contribution is 14.0. The molecule has 31 heavy (non-hydrogen) atoms. The molecule has 0 saturated carbocycles. The maximum absolute atomic E-state index is 13.4. The van der Waals surface area contributed by atoms with Crippen LogP contribution in [0.15, 0.2) is 29.3 Å². The second-order valence-corrected chi connectivity index (χ2v) is 8.02. The van der Waals surface area contributed by atoms with Crippen molar-refractivity contribution in [1.29, 1.82) is 0 Å². The largest absolute Gasteiger partial charge is 0.444 e. The van der Waals surface area contributed by atoms with Crippen LogP contribution in [0.5, 0.6) is 0 Å². The Hall–Kier alpha value is -1.66. The van der Waals surface area contributed by atoms with Gasteiger partial charge in [0.25, 0.3) is 0 Å². The van der Waals surface area contributed by atoms with Crippen LogP contribution in [0.2, 0.25) is 0 Å². The monoisotopic (exact) mass is 551 g/mol. The second kappa shape index (κ2) is 13.7. The number of rotatable bonds is 7. The molecular weight excluding hydrogens is 516 g/mol.